The van der Waals surface area contributed by atoms with Crippen molar-refractivity contribution in [2.24, 2.45) is 0 Å². The molecule has 4 nitrogen and oxygen atoms in total. The Morgan fingerprint density at radius 2 is 2.00 bits per heavy atom. The number of hydrogen-bond acceptors (Lipinski definition) is 3. The van der Waals surface area contributed by atoms with Crippen molar-refractivity contribution in [1.82, 2.24) is 5.32 Å². The second kappa shape index (κ2) is 3.87. The van der Waals surface area contributed by atoms with Crippen LogP contribution in [-0.2, 0) is 4.79 Å². The van der Waals surface area contributed by atoms with Crippen LogP contribution in [0, 0.1) is 0 Å². The van der Waals surface area contributed by atoms with Gasteiger partial charge in [0.15, 0.2) is 0 Å². The Morgan fingerprint density at radius 3 is 2.42 bits per heavy atom. The minimum atomic E-state index is -0.866. The third-order valence-corrected chi connectivity index (χ3v) is 2.48. The van der Waals surface area contributed by atoms with E-state index < -0.39 is 5.97 Å². The topological polar surface area (TPSA) is 69.6 Å². The first-order valence-corrected chi connectivity index (χ1v) is 4.26. The van der Waals surface area contributed by atoms with Crippen LogP contribution in [0.2, 0.25) is 0 Å². The molecule has 12 heavy (non-hydrogen) atoms. The summed E-state index contributed by atoms with van der Waals surface area (Å²) in [4.78, 5) is 10.3. The predicted octanol–water partition coefficient (Wildman–Crippen LogP) is -0.0343. The van der Waals surface area contributed by atoms with Crippen LogP contribution in [0.5, 0.6) is 0 Å². The average molecular weight is 173 g/mol. The molecule has 1 aliphatic rings. The fraction of sp³-hybridized carbons (Fsp3) is 0.875. The number of nitrogens with one attached hydrogen (secondary N) is 1. The van der Waals surface area contributed by atoms with Crippen molar-refractivity contribution in [2.45, 2.75) is 31.2 Å². The van der Waals surface area contributed by atoms with Crippen molar-refractivity contribution in [3.63, 3.8) is 0 Å². The number of rotatable bonds is 4. The summed E-state index contributed by atoms with van der Waals surface area (Å²) in [5.41, 5.74) is -0.307. The molecule has 1 saturated carbocycles. The second-order valence-corrected chi connectivity index (χ2v) is 3.39. The van der Waals surface area contributed by atoms with E-state index in [-0.39, 0.29) is 18.7 Å². The summed E-state index contributed by atoms with van der Waals surface area (Å²) >= 11 is 0. The van der Waals surface area contributed by atoms with Gasteiger partial charge in [-0.1, -0.05) is 12.8 Å². The molecule has 0 heterocycles. The predicted molar refractivity (Wildman–Crippen MR) is 43.9 cm³/mol. The van der Waals surface area contributed by atoms with Gasteiger partial charge in [-0.15, -0.1) is 0 Å². The highest BCUT2D eigenvalue weighted by Crippen LogP contribution is 2.28. The normalized spacial score (nSPS) is 21.1. The lowest BCUT2D eigenvalue weighted by Gasteiger charge is -2.26. The number of carboxylic acids is 1. The van der Waals surface area contributed by atoms with Gasteiger partial charge in [-0.2, -0.15) is 0 Å². The molecule has 0 aromatic carbocycles. The van der Waals surface area contributed by atoms with Gasteiger partial charge >= 0.3 is 5.97 Å². The van der Waals surface area contributed by atoms with Gasteiger partial charge in [0.1, 0.15) is 0 Å². The molecule has 4 heteroatoms. The van der Waals surface area contributed by atoms with Crippen molar-refractivity contribution >= 4 is 5.97 Å². The minimum absolute atomic E-state index is 0.0419. The van der Waals surface area contributed by atoms with Crippen LogP contribution in [0.3, 0.4) is 0 Å². The molecule has 0 bridgehead atoms. The Bertz CT molecular complexity index is 164. The standard InChI is InChI=1S/C8H15NO3/c10-6-8(3-1-2-4-8)9-5-7(11)12/h9-10H,1-6H2,(H,11,12). The maximum atomic E-state index is 10.3. The molecule has 1 aliphatic carbocycles. The Morgan fingerprint density at radius 1 is 1.42 bits per heavy atom. The van der Waals surface area contributed by atoms with Crippen LogP contribution in [-0.4, -0.2) is 34.9 Å². The molecule has 0 atom stereocenters. The monoisotopic (exact) mass is 173 g/mol. The van der Waals surface area contributed by atoms with Gasteiger partial charge in [0.25, 0.3) is 0 Å². The lowest BCUT2D eigenvalue weighted by atomic mass is 9.99. The van der Waals surface area contributed by atoms with Gasteiger partial charge in [-0.3, -0.25) is 10.1 Å². The fourth-order valence-electron chi connectivity index (χ4n) is 1.71. The highest BCUT2D eigenvalue weighted by molar-refractivity contribution is 5.69. The number of aliphatic hydroxyl groups excluding tert-OH is 1. The number of carbonyl (C=O) groups is 1. The number of hydrogen-bond donors (Lipinski definition) is 3. The minimum Gasteiger partial charge on any atom is -0.480 e. The molecule has 3 N–H and O–H groups in total. The van der Waals surface area contributed by atoms with Gasteiger partial charge < -0.3 is 10.2 Å². The van der Waals surface area contributed by atoms with Gasteiger partial charge in [-0.05, 0) is 12.8 Å². The van der Waals surface area contributed by atoms with Crippen LogP contribution in [0.25, 0.3) is 0 Å². The summed E-state index contributed by atoms with van der Waals surface area (Å²) in [5, 5.41) is 20.4. The van der Waals surface area contributed by atoms with Crippen molar-refractivity contribution in [3.05, 3.63) is 0 Å². The third kappa shape index (κ3) is 2.19. The van der Waals surface area contributed by atoms with Crippen LogP contribution in [0.1, 0.15) is 25.7 Å². The first-order valence-electron chi connectivity index (χ1n) is 4.26. The zero-order valence-corrected chi connectivity index (χ0v) is 7.05. The number of aliphatic carboxylic acids is 1. The molecule has 1 rings (SSSR count). The third-order valence-electron chi connectivity index (χ3n) is 2.48. The Kier molecular flexibility index (Phi) is 3.05. The lowest BCUT2D eigenvalue weighted by molar-refractivity contribution is -0.136. The molecule has 0 aromatic heterocycles. The molecular weight excluding hydrogens is 158 g/mol. The van der Waals surface area contributed by atoms with E-state index >= 15 is 0 Å². The van der Waals surface area contributed by atoms with Gasteiger partial charge in [0.2, 0.25) is 0 Å². The van der Waals surface area contributed by atoms with Crippen molar-refractivity contribution in [1.29, 1.82) is 0 Å². The SMILES string of the molecule is O=C(O)CNC1(CO)CCCC1. The fourth-order valence-corrected chi connectivity index (χ4v) is 1.71. The van der Waals surface area contributed by atoms with E-state index in [4.69, 9.17) is 10.2 Å². The summed E-state index contributed by atoms with van der Waals surface area (Å²) in [6.45, 7) is -0.0131. The summed E-state index contributed by atoms with van der Waals surface area (Å²) in [7, 11) is 0. The molecule has 0 aromatic rings. The molecule has 0 aliphatic heterocycles. The van der Waals surface area contributed by atoms with E-state index in [2.05, 4.69) is 5.32 Å². The van der Waals surface area contributed by atoms with Crippen molar-refractivity contribution < 1.29 is 15.0 Å². The zero-order chi connectivity index (χ0) is 9.03. The molecule has 0 saturated heterocycles. The quantitative estimate of drug-likeness (QED) is 0.558. The summed E-state index contributed by atoms with van der Waals surface area (Å²) in [6, 6.07) is 0. The second-order valence-electron chi connectivity index (χ2n) is 3.39. The maximum Gasteiger partial charge on any atom is 0.317 e. The van der Waals surface area contributed by atoms with E-state index in [1.807, 2.05) is 0 Å². The van der Waals surface area contributed by atoms with Crippen molar-refractivity contribution in [2.75, 3.05) is 13.2 Å². The van der Waals surface area contributed by atoms with Crippen LogP contribution in [0.15, 0.2) is 0 Å². The molecule has 0 radical (unpaired) electrons. The Hall–Kier alpha value is -0.610. The smallest absolute Gasteiger partial charge is 0.317 e. The van der Waals surface area contributed by atoms with E-state index in [0.717, 1.165) is 25.7 Å². The van der Waals surface area contributed by atoms with Crippen molar-refractivity contribution in [3.8, 4) is 0 Å². The van der Waals surface area contributed by atoms with E-state index in [0.29, 0.717) is 0 Å². The summed E-state index contributed by atoms with van der Waals surface area (Å²) < 4.78 is 0. The molecule has 1 fully saturated rings. The molecule has 0 spiro atoms. The van der Waals surface area contributed by atoms with E-state index in [1.165, 1.54) is 0 Å². The van der Waals surface area contributed by atoms with E-state index in [9.17, 15) is 4.79 Å². The molecule has 0 unspecified atom stereocenters. The van der Waals surface area contributed by atoms with Gasteiger partial charge in [0, 0.05) is 5.54 Å². The molecule has 70 valence electrons. The van der Waals surface area contributed by atoms with E-state index in [1.54, 1.807) is 0 Å². The highest BCUT2D eigenvalue weighted by atomic mass is 16.4. The number of aliphatic hydroxyl groups is 1. The van der Waals surface area contributed by atoms with Crippen LogP contribution >= 0.6 is 0 Å². The molecule has 0 amide bonds. The lowest BCUT2D eigenvalue weighted by Crippen LogP contribution is -2.48. The summed E-state index contributed by atoms with van der Waals surface area (Å²) in [6.07, 6.45) is 3.92. The first-order chi connectivity index (χ1) is 5.68. The number of carboxylic acid groups (broad SMARTS) is 1. The van der Waals surface area contributed by atoms with Gasteiger partial charge in [0.05, 0.1) is 13.2 Å². The van der Waals surface area contributed by atoms with Gasteiger partial charge in [-0.25, -0.2) is 0 Å². The average Bonchev–Trinajstić information content (AvgIpc) is 2.50. The van der Waals surface area contributed by atoms with Crippen LogP contribution < -0.4 is 5.32 Å². The Balaban J connectivity index is 2.39. The highest BCUT2D eigenvalue weighted by Gasteiger charge is 2.32. The van der Waals surface area contributed by atoms with Crippen LogP contribution in [0.4, 0.5) is 0 Å². The summed E-state index contributed by atoms with van der Waals surface area (Å²) in [5.74, 6) is -0.866. The maximum absolute atomic E-state index is 10.3. The molecular formula is C8H15NO3. The Labute approximate surface area is 71.6 Å². The first kappa shape index (κ1) is 9.48. The largest absolute Gasteiger partial charge is 0.480 e. The zero-order valence-electron chi connectivity index (χ0n) is 7.05.